The number of hydrogen-bond donors (Lipinski definition) is 3. The van der Waals surface area contributed by atoms with Crippen molar-refractivity contribution < 1.29 is 9.18 Å². The lowest BCUT2D eigenvalue weighted by molar-refractivity contribution is -0.119. The van der Waals surface area contributed by atoms with E-state index in [-0.39, 0.29) is 23.7 Å². The first-order valence-corrected chi connectivity index (χ1v) is 11.1. The fourth-order valence-electron chi connectivity index (χ4n) is 5.14. The molecule has 1 saturated carbocycles. The minimum Gasteiger partial charge on any atom is -0.338 e. The van der Waals surface area contributed by atoms with Crippen molar-refractivity contribution in [2.75, 3.05) is 10.6 Å². The van der Waals surface area contributed by atoms with Crippen LogP contribution in [0.3, 0.4) is 0 Å². The van der Waals surface area contributed by atoms with Crippen molar-refractivity contribution in [3.8, 4) is 6.07 Å². The lowest BCUT2D eigenvalue weighted by Crippen LogP contribution is -2.45. The number of alkyl halides is 1. The molecule has 1 aliphatic carbocycles. The molecule has 2 aliphatic rings. The van der Waals surface area contributed by atoms with Gasteiger partial charge in [0.2, 0.25) is 5.91 Å². The summed E-state index contributed by atoms with van der Waals surface area (Å²) in [5, 5.41) is 20.5. The SMILES string of the molecule is CC1(C)C(=O)Nc2cc(Nc3nn([C@@]4(CC#N)CCCCC4F)c4cc[nH]c(=O)c34)ccc21. The van der Waals surface area contributed by atoms with Gasteiger partial charge in [-0.3, -0.25) is 14.3 Å². The summed E-state index contributed by atoms with van der Waals surface area (Å²) < 4.78 is 16.9. The number of carbonyl (C=O) groups is 1. The number of nitriles is 1. The number of fused-ring (bicyclic) bond motifs is 2. The Morgan fingerprint density at radius 2 is 2.12 bits per heavy atom. The van der Waals surface area contributed by atoms with E-state index in [0.29, 0.717) is 35.1 Å². The summed E-state index contributed by atoms with van der Waals surface area (Å²) in [6.07, 6.45) is 2.62. The molecule has 0 spiro atoms. The van der Waals surface area contributed by atoms with Gasteiger partial charge < -0.3 is 15.6 Å². The number of nitrogens with zero attached hydrogens (tertiary/aromatic N) is 3. The van der Waals surface area contributed by atoms with Crippen molar-refractivity contribution in [1.29, 1.82) is 5.26 Å². The number of pyridine rings is 1. The summed E-state index contributed by atoms with van der Waals surface area (Å²) in [5.41, 5.74) is 0.615. The number of rotatable bonds is 4. The fraction of sp³-hybridized carbons (Fsp3) is 0.417. The van der Waals surface area contributed by atoms with Crippen LogP contribution in [-0.2, 0) is 15.7 Å². The largest absolute Gasteiger partial charge is 0.338 e. The van der Waals surface area contributed by atoms with Gasteiger partial charge >= 0.3 is 0 Å². The first kappa shape index (κ1) is 21.2. The van der Waals surface area contributed by atoms with Crippen LogP contribution in [-0.4, -0.2) is 26.8 Å². The lowest BCUT2D eigenvalue weighted by atomic mass is 9.78. The van der Waals surface area contributed by atoms with Crippen LogP contribution in [0.25, 0.3) is 10.9 Å². The molecule has 1 amide bonds. The molecule has 2 atom stereocenters. The first-order chi connectivity index (χ1) is 15.8. The topological polar surface area (TPSA) is 116 Å². The quantitative estimate of drug-likeness (QED) is 0.553. The van der Waals surface area contributed by atoms with Gasteiger partial charge in [0.05, 0.1) is 23.4 Å². The Morgan fingerprint density at radius 1 is 1.30 bits per heavy atom. The van der Waals surface area contributed by atoms with Crippen molar-refractivity contribution in [2.45, 2.75) is 63.1 Å². The standard InChI is InChI=1S/C24H25FN6O2/c1-23(2)15-7-6-14(13-16(15)29-22(23)33)28-20-19-17(8-12-27-21(19)32)31(30-20)24(10-11-26)9-4-3-5-18(24)25/h6-8,12-13,18H,3-5,9-10H2,1-2H3,(H,27,32)(H,28,30)(H,29,33)/t18?,24-/m1/s1. The highest BCUT2D eigenvalue weighted by atomic mass is 19.1. The maximum Gasteiger partial charge on any atom is 0.261 e. The minimum absolute atomic E-state index is 0.0306. The van der Waals surface area contributed by atoms with Gasteiger partial charge in [0.25, 0.3) is 5.56 Å². The molecule has 8 nitrogen and oxygen atoms in total. The molecule has 1 fully saturated rings. The molecule has 1 unspecified atom stereocenters. The van der Waals surface area contributed by atoms with Gasteiger partial charge in [-0.05, 0) is 50.5 Å². The lowest BCUT2D eigenvalue weighted by Gasteiger charge is -2.39. The second-order valence-electron chi connectivity index (χ2n) is 9.44. The van der Waals surface area contributed by atoms with E-state index in [4.69, 9.17) is 0 Å². The number of carbonyl (C=O) groups excluding carboxylic acids is 1. The van der Waals surface area contributed by atoms with Crippen LogP contribution >= 0.6 is 0 Å². The molecule has 0 bridgehead atoms. The molecule has 1 aromatic carbocycles. The average Bonchev–Trinajstić information content (AvgIpc) is 3.25. The Morgan fingerprint density at radius 3 is 2.88 bits per heavy atom. The van der Waals surface area contributed by atoms with Crippen LogP contribution in [0.15, 0.2) is 35.3 Å². The Bertz CT molecular complexity index is 1370. The van der Waals surface area contributed by atoms with Crippen LogP contribution in [0.5, 0.6) is 0 Å². The van der Waals surface area contributed by atoms with Crippen molar-refractivity contribution in [2.24, 2.45) is 0 Å². The average molecular weight is 449 g/mol. The van der Waals surface area contributed by atoms with Gasteiger partial charge in [-0.2, -0.15) is 10.4 Å². The number of aromatic amines is 1. The zero-order chi connectivity index (χ0) is 23.4. The number of hydrogen-bond acceptors (Lipinski definition) is 5. The van der Waals surface area contributed by atoms with Gasteiger partial charge in [0.1, 0.15) is 17.1 Å². The molecule has 3 aromatic rings. The highest BCUT2D eigenvalue weighted by molar-refractivity contribution is 6.06. The van der Waals surface area contributed by atoms with Crippen LogP contribution in [0, 0.1) is 11.3 Å². The zero-order valence-corrected chi connectivity index (χ0v) is 18.5. The second-order valence-corrected chi connectivity index (χ2v) is 9.44. The van der Waals surface area contributed by atoms with Crippen molar-refractivity contribution in [3.05, 3.63) is 46.4 Å². The highest BCUT2D eigenvalue weighted by Gasteiger charge is 2.45. The third kappa shape index (κ3) is 3.12. The molecule has 33 heavy (non-hydrogen) atoms. The van der Waals surface area contributed by atoms with E-state index < -0.39 is 17.1 Å². The van der Waals surface area contributed by atoms with Crippen molar-refractivity contribution in [3.63, 3.8) is 0 Å². The van der Waals surface area contributed by atoms with Gasteiger partial charge in [0.15, 0.2) is 5.82 Å². The van der Waals surface area contributed by atoms with Crippen LogP contribution in [0.1, 0.15) is 51.5 Å². The smallest absolute Gasteiger partial charge is 0.261 e. The summed E-state index contributed by atoms with van der Waals surface area (Å²) in [4.78, 5) is 27.7. The summed E-state index contributed by atoms with van der Waals surface area (Å²) in [6, 6.07) is 9.33. The summed E-state index contributed by atoms with van der Waals surface area (Å²) in [6.45, 7) is 3.73. The molecule has 9 heteroatoms. The molecule has 2 aromatic heterocycles. The van der Waals surface area contributed by atoms with Gasteiger partial charge in [-0.1, -0.05) is 18.9 Å². The Hall–Kier alpha value is -3.67. The molecule has 0 saturated heterocycles. The zero-order valence-electron chi connectivity index (χ0n) is 18.5. The fourth-order valence-corrected chi connectivity index (χ4v) is 5.14. The second kappa shape index (κ2) is 7.44. The third-order valence-electron chi connectivity index (χ3n) is 7.08. The maximum absolute atomic E-state index is 15.3. The Kier molecular flexibility index (Phi) is 4.78. The van der Waals surface area contributed by atoms with Gasteiger partial charge in [0, 0.05) is 17.6 Å². The molecule has 1 aliphatic heterocycles. The molecular weight excluding hydrogens is 423 g/mol. The van der Waals surface area contributed by atoms with E-state index in [1.807, 2.05) is 26.0 Å². The molecule has 0 radical (unpaired) electrons. The Labute approximate surface area is 189 Å². The predicted octanol–water partition coefficient (Wildman–Crippen LogP) is 4.22. The van der Waals surface area contributed by atoms with E-state index in [9.17, 15) is 14.9 Å². The number of aromatic nitrogens is 3. The van der Waals surface area contributed by atoms with E-state index >= 15 is 4.39 Å². The molecule has 5 rings (SSSR count). The Balaban J connectivity index is 1.63. The highest BCUT2D eigenvalue weighted by Crippen LogP contribution is 2.43. The molecule has 3 N–H and O–H groups in total. The summed E-state index contributed by atoms with van der Waals surface area (Å²) in [5.74, 6) is 0.205. The molecule has 170 valence electrons. The van der Waals surface area contributed by atoms with E-state index in [1.54, 1.807) is 16.8 Å². The van der Waals surface area contributed by atoms with E-state index in [0.717, 1.165) is 18.4 Å². The van der Waals surface area contributed by atoms with Gasteiger partial charge in [-0.15, -0.1) is 0 Å². The number of H-pyrrole nitrogens is 1. The summed E-state index contributed by atoms with van der Waals surface area (Å²) in [7, 11) is 0. The minimum atomic E-state index is -1.24. The van der Waals surface area contributed by atoms with Crippen LogP contribution in [0.4, 0.5) is 21.6 Å². The normalized spacial score (nSPS) is 23.7. The maximum atomic E-state index is 15.3. The van der Waals surface area contributed by atoms with E-state index in [1.165, 1.54) is 6.20 Å². The monoisotopic (exact) mass is 448 g/mol. The first-order valence-electron chi connectivity index (χ1n) is 11.1. The number of amides is 1. The van der Waals surface area contributed by atoms with Crippen molar-refractivity contribution in [1.82, 2.24) is 14.8 Å². The van der Waals surface area contributed by atoms with Crippen LogP contribution in [0.2, 0.25) is 0 Å². The van der Waals surface area contributed by atoms with Gasteiger partial charge in [-0.25, -0.2) is 4.39 Å². The third-order valence-corrected chi connectivity index (χ3v) is 7.08. The number of nitrogens with one attached hydrogen (secondary N) is 3. The predicted molar refractivity (Wildman–Crippen MR) is 123 cm³/mol. The number of halogens is 1. The number of benzene rings is 1. The molecular formula is C24H25FN6O2. The molecule has 3 heterocycles. The van der Waals surface area contributed by atoms with E-state index in [2.05, 4.69) is 26.8 Å². The van der Waals surface area contributed by atoms with Crippen molar-refractivity contribution >= 4 is 34.0 Å². The summed E-state index contributed by atoms with van der Waals surface area (Å²) >= 11 is 0. The number of anilines is 3. The van der Waals surface area contributed by atoms with Crippen LogP contribution < -0.4 is 16.2 Å².